The van der Waals surface area contributed by atoms with Gasteiger partial charge in [-0.3, -0.25) is 0 Å². The Bertz CT molecular complexity index is 535. The number of aryl methyl sites for hydroxylation is 1. The summed E-state index contributed by atoms with van der Waals surface area (Å²) in [5.74, 6) is -1.61. The molecule has 0 fully saturated rings. The highest BCUT2D eigenvalue weighted by Crippen LogP contribution is 2.33. The fourth-order valence-corrected chi connectivity index (χ4v) is 2.48. The molecule has 0 amide bonds. The van der Waals surface area contributed by atoms with Gasteiger partial charge in [-0.25, -0.2) is 8.78 Å². The molecule has 0 spiro atoms. The highest BCUT2D eigenvalue weighted by atomic mass is 79.9. The number of hydrogen-bond acceptors (Lipinski definition) is 0. The van der Waals surface area contributed by atoms with Gasteiger partial charge in [0.25, 0.3) is 0 Å². The molecule has 0 aliphatic heterocycles. The molecule has 94 valence electrons. The van der Waals surface area contributed by atoms with Crippen molar-refractivity contribution >= 4 is 15.9 Å². The van der Waals surface area contributed by atoms with E-state index in [0.717, 1.165) is 18.1 Å². The van der Waals surface area contributed by atoms with Gasteiger partial charge in [0.05, 0.1) is 4.83 Å². The van der Waals surface area contributed by atoms with Crippen LogP contribution in [0.3, 0.4) is 0 Å². The van der Waals surface area contributed by atoms with E-state index in [1.165, 1.54) is 11.6 Å². The summed E-state index contributed by atoms with van der Waals surface area (Å²) >= 11 is 3.42. The van der Waals surface area contributed by atoms with Gasteiger partial charge < -0.3 is 0 Å². The van der Waals surface area contributed by atoms with Gasteiger partial charge in [-0.05, 0) is 23.6 Å². The van der Waals surface area contributed by atoms with Crippen LogP contribution in [0.4, 0.5) is 8.78 Å². The van der Waals surface area contributed by atoms with E-state index in [9.17, 15) is 8.78 Å². The summed E-state index contributed by atoms with van der Waals surface area (Å²) in [4.78, 5) is -0.334. The minimum atomic E-state index is -0.817. The van der Waals surface area contributed by atoms with E-state index in [-0.39, 0.29) is 4.83 Å². The Hall–Kier alpha value is -1.22. The van der Waals surface area contributed by atoms with Gasteiger partial charge in [-0.1, -0.05) is 59.3 Å². The molecule has 0 aliphatic carbocycles. The van der Waals surface area contributed by atoms with E-state index >= 15 is 0 Å². The van der Waals surface area contributed by atoms with Gasteiger partial charge in [0, 0.05) is 5.56 Å². The molecule has 0 bridgehead atoms. The van der Waals surface area contributed by atoms with Crippen LogP contribution >= 0.6 is 15.9 Å². The van der Waals surface area contributed by atoms with Crippen LogP contribution in [0.1, 0.15) is 28.4 Å². The molecule has 3 heteroatoms. The Kier molecular flexibility index (Phi) is 4.12. The molecule has 1 unspecified atom stereocenters. The van der Waals surface area contributed by atoms with Crippen molar-refractivity contribution in [1.29, 1.82) is 0 Å². The normalized spacial score (nSPS) is 12.4. The molecule has 0 heterocycles. The van der Waals surface area contributed by atoms with Gasteiger partial charge in [-0.2, -0.15) is 0 Å². The first-order valence-corrected chi connectivity index (χ1v) is 6.72. The molecule has 0 aromatic heterocycles. The average Bonchev–Trinajstić information content (AvgIpc) is 2.41. The van der Waals surface area contributed by atoms with Crippen molar-refractivity contribution in [3.63, 3.8) is 0 Å². The fourth-order valence-electron chi connectivity index (χ4n) is 1.82. The first-order valence-electron chi connectivity index (χ1n) is 5.80. The van der Waals surface area contributed by atoms with E-state index in [2.05, 4.69) is 22.9 Å². The van der Waals surface area contributed by atoms with Crippen molar-refractivity contribution in [2.75, 3.05) is 0 Å². The second-order valence-electron chi connectivity index (χ2n) is 4.10. The maximum absolute atomic E-state index is 13.7. The summed E-state index contributed by atoms with van der Waals surface area (Å²) < 4.78 is 26.9. The summed E-state index contributed by atoms with van der Waals surface area (Å²) in [6.45, 7) is 2.08. The van der Waals surface area contributed by atoms with Gasteiger partial charge in [0.1, 0.15) is 0 Å². The lowest BCUT2D eigenvalue weighted by atomic mass is 10.0. The van der Waals surface area contributed by atoms with Crippen LogP contribution in [0.5, 0.6) is 0 Å². The smallest absolute Gasteiger partial charge is 0.163 e. The zero-order chi connectivity index (χ0) is 13.1. The Morgan fingerprint density at radius 3 is 2.33 bits per heavy atom. The van der Waals surface area contributed by atoms with Crippen LogP contribution < -0.4 is 0 Å². The van der Waals surface area contributed by atoms with Crippen LogP contribution in [-0.4, -0.2) is 0 Å². The van der Waals surface area contributed by atoms with Crippen LogP contribution in [0.15, 0.2) is 42.5 Å². The van der Waals surface area contributed by atoms with Gasteiger partial charge >= 0.3 is 0 Å². The Morgan fingerprint density at radius 2 is 1.72 bits per heavy atom. The molecule has 2 rings (SSSR count). The maximum atomic E-state index is 13.7. The van der Waals surface area contributed by atoms with Gasteiger partial charge in [0.15, 0.2) is 11.6 Å². The van der Waals surface area contributed by atoms with Crippen LogP contribution in [0.25, 0.3) is 0 Å². The molecule has 0 saturated carbocycles. The zero-order valence-corrected chi connectivity index (χ0v) is 11.5. The van der Waals surface area contributed by atoms with Crippen LogP contribution in [-0.2, 0) is 6.42 Å². The summed E-state index contributed by atoms with van der Waals surface area (Å²) in [6.07, 6.45) is 0.960. The molecule has 0 N–H and O–H groups in total. The number of hydrogen-bond donors (Lipinski definition) is 0. The second-order valence-corrected chi connectivity index (χ2v) is 5.02. The molecular weight excluding hydrogens is 298 g/mol. The molecule has 0 radical (unpaired) electrons. The quantitative estimate of drug-likeness (QED) is 0.699. The van der Waals surface area contributed by atoms with Gasteiger partial charge in [-0.15, -0.1) is 0 Å². The van der Waals surface area contributed by atoms with E-state index in [0.29, 0.717) is 5.56 Å². The van der Waals surface area contributed by atoms with E-state index in [4.69, 9.17) is 0 Å². The Labute approximate surface area is 114 Å². The number of halogens is 3. The highest BCUT2D eigenvalue weighted by Gasteiger charge is 2.17. The minimum absolute atomic E-state index is 0.319. The monoisotopic (exact) mass is 310 g/mol. The topological polar surface area (TPSA) is 0 Å². The molecule has 2 aromatic rings. The molecule has 1 atom stereocenters. The van der Waals surface area contributed by atoms with Crippen molar-refractivity contribution in [2.24, 2.45) is 0 Å². The van der Waals surface area contributed by atoms with Crippen molar-refractivity contribution < 1.29 is 8.78 Å². The minimum Gasteiger partial charge on any atom is -0.204 e. The molecular formula is C15H13BrF2. The molecule has 18 heavy (non-hydrogen) atoms. The van der Waals surface area contributed by atoms with Crippen molar-refractivity contribution in [2.45, 2.75) is 18.2 Å². The van der Waals surface area contributed by atoms with Crippen molar-refractivity contribution in [1.82, 2.24) is 0 Å². The summed E-state index contributed by atoms with van der Waals surface area (Å²) in [5, 5.41) is 0. The lowest BCUT2D eigenvalue weighted by molar-refractivity contribution is 0.500. The van der Waals surface area contributed by atoms with Crippen molar-refractivity contribution in [3.8, 4) is 0 Å². The molecule has 0 aliphatic rings. The first kappa shape index (κ1) is 13.2. The number of rotatable bonds is 3. The summed E-state index contributed by atoms with van der Waals surface area (Å²) in [5.41, 5.74) is 2.45. The summed E-state index contributed by atoms with van der Waals surface area (Å²) in [7, 11) is 0. The van der Waals surface area contributed by atoms with E-state index in [1.54, 1.807) is 6.07 Å². The van der Waals surface area contributed by atoms with E-state index < -0.39 is 11.6 Å². The lowest BCUT2D eigenvalue weighted by Gasteiger charge is -2.12. The first-order chi connectivity index (χ1) is 8.63. The maximum Gasteiger partial charge on any atom is 0.163 e. The molecule has 0 nitrogen and oxygen atoms in total. The predicted molar refractivity (Wildman–Crippen MR) is 72.9 cm³/mol. The third-order valence-electron chi connectivity index (χ3n) is 2.94. The van der Waals surface area contributed by atoms with Crippen molar-refractivity contribution in [3.05, 3.63) is 70.8 Å². The Balaban J connectivity index is 2.35. The summed E-state index contributed by atoms with van der Waals surface area (Å²) in [6, 6.07) is 12.1. The largest absolute Gasteiger partial charge is 0.204 e. The van der Waals surface area contributed by atoms with Gasteiger partial charge in [0.2, 0.25) is 0 Å². The lowest BCUT2D eigenvalue weighted by Crippen LogP contribution is -1.99. The third kappa shape index (κ3) is 2.61. The second kappa shape index (κ2) is 5.61. The molecule has 0 saturated heterocycles. The van der Waals surface area contributed by atoms with E-state index in [1.807, 2.05) is 24.3 Å². The zero-order valence-electron chi connectivity index (χ0n) is 9.96. The number of benzene rings is 2. The van der Waals surface area contributed by atoms with Crippen LogP contribution in [0, 0.1) is 11.6 Å². The third-order valence-corrected chi connectivity index (χ3v) is 3.96. The average molecular weight is 311 g/mol. The highest BCUT2D eigenvalue weighted by molar-refractivity contribution is 9.09. The fraction of sp³-hybridized carbons (Fsp3) is 0.200. The standard InChI is InChI=1S/C15H13BrF2/c1-2-10-6-8-11(9-7-10)14(16)12-4-3-5-13(17)15(12)18/h3-9,14H,2H2,1H3. The predicted octanol–water partition coefficient (Wildman–Crippen LogP) is 5.01. The molecule has 2 aromatic carbocycles. The Morgan fingerprint density at radius 1 is 1.06 bits per heavy atom. The SMILES string of the molecule is CCc1ccc(C(Br)c2cccc(F)c2F)cc1. The number of alkyl halides is 1. The van der Waals surface area contributed by atoms with Crippen LogP contribution in [0.2, 0.25) is 0 Å².